The Labute approximate surface area is 158 Å². The number of piperazine rings is 1. The van der Waals surface area contributed by atoms with E-state index in [1.807, 2.05) is 13.0 Å². The molecule has 0 aliphatic carbocycles. The lowest BCUT2D eigenvalue weighted by Crippen LogP contribution is -2.51. The van der Waals surface area contributed by atoms with Crippen LogP contribution in [-0.2, 0) is 16.1 Å². The van der Waals surface area contributed by atoms with Gasteiger partial charge < -0.3 is 9.72 Å². The summed E-state index contributed by atoms with van der Waals surface area (Å²) >= 11 is 2.31. The average molecular weight is 459 g/mol. The minimum absolute atomic E-state index is 0.107. The number of para-hydroxylation sites is 1. The number of halogens is 1. The number of rotatable bonds is 6. The lowest BCUT2D eigenvalue weighted by atomic mass is 10.1. The molecule has 1 aliphatic rings. The van der Waals surface area contributed by atoms with Crippen LogP contribution < -0.4 is 0 Å². The van der Waals surface area contributed by atoms with E-state index in [1.54, 1.807) is 9.12 Å². The van der Waals surface area contributed by atoms with Gasteiger partial charge >= 0.3 is 5.97 Å². The molecule has 1 aliphatic heterocycles. The molecule has 0 amide bonds. The smallest absolute Gasteiger partial charge is 0.307 e. The summed E-state index contributed by atoms with van der Waals surface area (Å²) in [5.74, 6) is -0.107. The molecule has 2 aromatic rings. The maximum Gasteiger partial charge on any atom is 0.307 e. The highest BCUT2D eigenvalue weighted by atomic mass is 127. The SMILES string of the molecule is CCOC(=O)CC1CN(SI)CCN1Cc1cc2ccccc2[nH]1. The Morgan fingerprint density at radius 1 is 1.42 bits per heavy atom. The van der Waals surface area contributed by atoms with Gasteiger partial charge in [-0.3, -0.25) is 9.69 Å². The highest BCUT2D eigenvalue weighted by molar-refractivity contribution is 14.2. The second-order valence-electron chi connectivity index (χ2n) is 5.97. The van der Waals surface area contributed by atoms with Gasteiger partial charge in [0.25, 0.3) is 0 Å². The molecule has 1 saturated heterocycles. The molecule has 130 valence electrons. The number of nitrogens with one attached hydrogen (secondary N) is 1. The highest BCUT2D eigenvalue weighted by Crippen LogP contribution is 2.26. The van der Waals surface area contributed by atoms with E-state index in [0.29, 0.717) is 13.0 Å². The molecular formula is C17H22IN3O2S. The Kier molecular flexibility index (Phi) is 6.43. The van der Waals surface area contributed by atoms with Crippen LogP contribution in [0.25, 0.3) is 10.9 Å². The van der Waals surface area contributed by atoms with Crippen LogP contribution in [0.4, 0.5) is 0 Å². The lowest BCUT2D eigenvalue weighted by Gasteiger charge is -2.39. The van der Waals surface area contributed by atoms with E-state index in [2.05, 4.69) is 59.7 Å². The molecule has 3 rings (SSSR count). The van der Waals surface area contributed by atoms with Crippen molar-refractivity contribution in [2.45, 2.75) is 25.9 Å². The summed E-state index contributed by atoms with van der Waals surface area (Å²) < 4.78 is 7.47. The quantitative estimate of drug-likeness (QED) is 0.407. The van der Waals surface area contributed by atoms with Crippen LogP contribution in [0, 0.1) is 0 Å². The monoisotopic (exact) mass is 459 g/mol. The van der Waals surface area contributed by atoms with Crippen LogP contribution in [0.2, 0.25) is 0 Å². The zero-order valence-electron chi connectivity index (χ0n) is 13.7. The van der Waals surface area contributed by atoms with Gasteiger partial charge in [0, 0.05) is 64.6 Å². The molecule has 1 atom stereocenters. The van der Waals surface area contributed by atoms with Crippen LogP contribution in [-0.4, -0.2) is 52.4 Å². The summed E-state index contributed by atoms with van der Waals surface area (Å²) in [7, 11) is 1.72. The Bertz CT molecular complexity index is 660. The molecule has 0 saturated carbocycles. The third kappa shape index (κ3) is 4.44. The van der Waals surface area contributed by atoms with Crippen molar-refractivity contribution in [2.24, 2.45) is 0 Å². The second-order valence-corrected chi connectivity index (χ2v) is 7.81. The maximum atomic E-state index is 12.0. The number of carbonyl (C=O) groups excluding carboxylic acids is 1. The van der Waals surface area contributed by atoms with E-state index in [9.17, 15) is 4.79 Å². The summed E-state index contributed by atoms with van der Waals surface area (Å²) in [6.45, 7) is 5.97. The molecule has 0 radical (unpaired) electrons. The van der Waals surface area contributed by atoms with Crippen molar-refractivity contribution >= 4 is 47.2 Å². The summed E-state index contributed by atoms with van der Waals surface area (Å²) in [4.78, 5) is 17.8. The van der Waals surface area contributed by atoms with Gasteiger partial charge in [0.05, 0.1) is 13.0 Å². The lowest BCUT2D eigenvalue weighted by molar-refractivity contribution is -0.145. The van der Waals surface area contributed by atoms with Gasteiger partial charge in [-0.25, -0.2) is 4.31 Å². The summed E-state index contributed by atoms with van der Waals surface area (Å²) in [6, 6.07) is 10.7. The normalized spacial score (nSPS) is 19.7. The van der Waals surface area contributed by atoms with E-state index in [-0.39, 0.29) is 12.0 Å². The number of nitrogens with zero attached hydrogens (tertiary/aromatic N) is 2. The van der Waals surface area contributed by atoms with E-state index in [4.69, 9.17) is 4.74 Å². The fourth-order valence-electron chi connectivity index (χ4n) is 3.18. The van der Waals surface area contributed by atoms with Gasteiger partial charge in [0.1, 0.15) is 0 Å². The Balaban J connectivity index is 1.71. The summed E-state index contributed by atoms with van der Waals surface area (Å²) in [5.41, 5.74) is 2.36. The van der Waals surface area contributed by atoms with Crippen molar-refractivity contribution in [3.63, 3.8) is 0 Å². The van der Waals surface area contributed by atoms with Gasteiger partial charge in [0.2, 0.25) is 0 Å². The van der Waals surface area contributed by atoms with Gasteiger partial charge in [-0.1, -0.05) is 18.2 Å². The third-order valence-electron chi connectivity index (χ3n) is 4.33. The standard InChI is InChI=1S/C17H22IN3O2S/c1-2-23-17(22)10-15-12-21(24-18)8-7-20(15)11-14-9-13-5-3-4-6-16(13)19-14/h3-6,9,15,19H,2,7-8,10-12H2,1H3. The molecule has 1 fully saturated rings. The zero-order valence-corrected chi connectivity index (χ0v) is 16.7. The number of fused-ring (bicyclic) bond motifs is 1. The first-order valence-corrected chi connectivity index (χ1v) is 11.5. The van der Waals surface area contributed by atoms with Crippen molar-refractivity contribution in [2.75, 3.05) is 26.2 Å². The number of H-pyrrole nitrogens is 1. The molecule has 2 heterocycles. The molecule has 0 spiro atoms. The van der Waals surface area contributed by atoms with Crippen LogP contribution in [0.5, 0.6) is 0 Å². The highest BCUT2D eigenvalue weighted by Gasteiger charge is 2.29. The minimum Gasteiger partial charge on any atom is -0.466 e. The second kappa shape index (κ2) is 8.55. The molecule has 24 heavy (non-hydrogen) atoms. The molecule has 1 N–H and O–H groups in total. The molecule has 5 nitrogen and oxygen atoms in total. The number of esters is 1. The first kappa shape index (κ1) is 18.0. The van der Waals surface area contributed by atoms with E-state index >= 15 is 0 Å². The van der Waals surface area contributed by atoms with Crippen molar-refractivity contribution in [1.29, 1.82) is 0 Å². The predicted molar refractivity (Wildman–Crippen MR) is 107 cm³/mol. The average Bonchev–Trinajstić information content (AvgIpc) is 2.99. The van der Waals surface area contributed by atoms with Gasteiger partial charge in [-0.05, 0) is 33.6 Å². The number of hydrogen-bond acceptors (Lipinski definition) is 5. The fraction of sp³-hybridized carbons (Fsp3) is 0.471. The Hall–Kier alpha value is -0.770. The first-order valence-electron chi connectivity index (χ1n) is 8.19. The number of benzene rings is 1. The van der Waals surface area contributed by atoms with Crippen LogP contribution >= 0.6 is 30.3 Å². The predicted octanol–water partition coefficient (Wildman–Crippen LogP) is 3.61. The molecule has 1 aromatic carbocycles. The van der Waals surface area contributed by atoms with Crippen LogP contribution in [0.1, 0.15) is 19.0 Å². The molecule has 7 heteroatoms. The molecule has 1 unspecified atom stereocenters. The summed E-state index contributed by atoms with van der Waals surface area (Å²) in [5, 5.41) is 1.23. The third-order valence-corrected chi connectivity index (χ3v) is 6.53. The summed E-state index contributed by atoms with van der Waals surface area (Å²) in [6.07, 6.45) is 0.446. The van der Waals surface area contributed by atoms with E-state index < -0.39 is 0 Å². The first-order chi connectivity index (χ1) is 11.7. The van der Waals surface area contributed by atoms with E-state index in [0.717, 1.165) is 31.7 Å². The van der Waals surface area contributed by atoms with Gasteiger partial charge in [-0.2, -0.15) is 0 Å². The number of aromatic nitrogens is 1. The molecule has 0 bridgehead atoms. The van der Waals surface area contributed by atoms with Gasteiger partial charge in [-0.15, -0.1) is 0 Å². The number of ether oxygens (including phenoxy) is 1. The zero-order chi connectivity index (χ0) is 16.9. The van der Waals surface area contributed by atoms with E-state index in [1.165, 1.54) is 11.1 Å². The van der Waals surface area contributed by atoms with Gasteiger partial charge in [0.15, 0.2) is 0 Å². The van der Waals surface area contributed by atoms with Crippen LogP contribution in [0.15, 0.2) is 30.3 Å². The molecular weight excluding hydrogens is 437 g/mol. The Morgan fingerprint density at radius 2 is 2.25 bits per heavy atom. The number of aromatic amines is 1. The van der Waals surface area contributed by atoms with Crippen molar-refractivity contribution < 1.29 is 9.53 Å². The number of carbonyl (C=O) groups is 1. The van der Waals surface area contributed by atoms with Crippen molar-refractivity contribution in [3.05, 3.63) is 36.0 Å². The number of hydrogen-bond donors (Lipinski definition) is 1. The molecule has 1 aromatic heterocycles. The van der Waals surface area contributed by atoms with Crippen molar-refractivity contribution in [1.82, 2.24) is 14.2 Å². The van der Waals surface area contributed by atoms with Crippen molar-refractivity contribution in [3.8, 4) is 0 Å². The minimum atomic E-state index is -0.107. The Morgan fingerprint density at radius 3 is 3.00 bits per heavy atom. The van der Waals surface area contributed by atoms with Crippen LogP contribution in [0.3, 0.4) is 0 Å². The topological polar surface area (TPSA) is 48.6 Å². The maximum absolute atomic E-state index is 12.0. The fourth-order valence-corrected chi connectivity index (χ4v) is 4.63. The largest absolute Gasteiger partial charge is 0.466 e.